The summed E-state index contributed by atoms with van der Waals surface area (Å²) in [5.41, 5.74) is 8.08. The van der Waals surface area contributed by atoms with Crippen molar-refractivity contribution in [2.75, 3.05) is 7.11 Å². The van der Waals surface area contributed by atoms with Crippen LogP contribution >= 0.6 is 0 Å². The van der Waals surface area contributed by atoms with E-state index in [-0.39, 0.29) is 0 Å². The van der Waals surface area contributed by atoms with Crippen LogP contribution in [-0.2, 0) is 13.1 Å². The Labute approximate surface area is 105 Å². The summed E-state index contributed by atoms with van der Waals surface area (Å²) in [4.78, 5) is 0. The van der Waals surface area contributed by atoms with Crippen molar-refractivity contribution in [2.24, 2.45) is 5.73 Å². The molecule has 0 aliphatic rings. The second-order valence-corrected chi connectivity index (χ2v) is 3.90. The molecule has 0 spiro atoms. The number of benzene rings is 1. The Hall–Kier alpha value is -2.32. The van der Waals surface area contributed by atoms with Gasteiger partial charge in [-0.25, -0.2) is 0 Å². The summed E-state index contributed by atoms with van der Waals surface area (Å²) in [5, 5.41) is 13.1. The monoisotopic (exact) mass is 242 g/mol. The fraction of sp³-hybridized carbons (Fsp3) is 0.231. The average Bonchev–Trinajstić information content (AvgIpc) is 2.86. The molecule has 0 bridgehead atoms. The predicted molar refractivity (Wildman–Crippen MR) is 66.9 cm³/mol. The molecule has 0 aliphatic carbocycles. The molecule has 0 atom stereocenters. The average molecular weight is 242 g/mol. The molecule has 92 valence electrons. The highest BCUT2D eigenvalue weighted by Gasteiger charge is 2.05. The number of ether oxygens (including phenoxy) is 1. The van der Waals surface area contributed by atoms with Crippen molar-refractivity contribution >= 4 is 0 Å². The molecule has 2 rings (SSSR count). The Bertz CT molecular complexity index is 583. The van der Waals surface area contributed by atoms with Crippen LogP contribution in [0.5, 0.6) is 5.75 Å². The lowest BCUT2D eigenvalue weighted by atomic mass is 10.1. The van der Waals surface area contributed by atoms with E-state index in [1.165, 1.54) is 0 Å². The molecule has 1 aromatic carbocycles. The van der Waals surface area contributed by atoms with E-state index in [9.17, 15) is 0 Å². The van der Waals surface area contributed by atoms with E-state index in [1.807, 2.05) is 23.0 Å². The van der Waals surface area contributed by atoms with Crippen LogP contribution in [0.4, 0.5) is 0 Å². The van der Waals surface area contributed by atoms with E-state index in [0.717, 1.165) is 11.1 Å². The topological polar surface area (TPSA) is 76.9 Å². The van der Waals surface area contributed by atoms with Gasteiger partial charge in [-0.2, -0.15) is 10.4 Å². The summed E-state index contributed by atoms with van der Waals surface area (Å²) in [7, 11) is 1.56. The summed E-state index contributed by atoms with van der Waals surface area (Å²) in [6.07, 6.45) is 3.66. The van der Waals surface area contributed by atoms with Crippen molar-refractivity contribution in [3.63, 3.8) is 0 Å². The second-order valence-electron chi connectivity index (χ2n) is 3.90. The van der Waals surface area contributed by atoms with Crippen LogP contribution < -0.4 is 10.5 Å². The van der Waals surface area contributed by atoms with Crippen molar-refractivity contribution < 1.29 is 4.74 Å². The van der Waals surface area contributed by atoms with Gasteiger partial charge in [0.1, 0.15) is 11.8 Å². The van der Waals surface area contributed by atoms with E-state index < -0.39 is 0 Å². The van der Waals surface area contributed by atoms with Gasteiger partial charge in [0.2, 0.25) is 0 Å². The number of hydrogen-bond acceptors (Lipinski definition) is 4. The minimum atomic E-state index is 0.483. The summed E-state index contributed by atoms with van der Waals surface area (Å²) in [6, 6.07) is 7.58. The fourth-order valence-corrected chi connectivity index (χ4v) is 1.71. The number of nitriles is 1. The van der Waals surface area contributed by atoms with Gasteiger partial charge in [-0.1, -0.05) is 6.07 Å². The Morgan fingerprint density at radius 2 is 2.28 bits per heavy atom. The molecular formula is C13H14N4O. The molecule has 0 aliphatic heterocycles. The highest BCUT2D eigenvalue weighted by molar-refractivity contribution is 5.45. The maximum atomic E-state index is 8.90. The van der Waals surface area contributed by atoms with Crippen molar-refractivity contribution in [3.8, 4) is 11.8 Å². The predicted octanol–water partition coefficient (Wildman–Crippen LogP) is 1.27. The number of aromatic nitrogens is 2. The second kappa shape index (κ2) is 5.34. The van der Waals surface area contributed by atoms with Crippen molar-refractivity contribution in [2.45, 2.75) is 13.1 Å². The lowest BCUT2D eigenvalue weighted by Crippen LogP contribution is -2.01. The van der Waals surface area contributed by atoms with Crippen molar-refractivity contribution in [3.05, 3.63) is 47.3 Å². The molecule has 0 saturated carbocycles. The zero-order valence-corrected chi connectivity index (χ0v) is 10.1. The number of methoxy groups -OCH3 is 1. The van der Waals surface area contributed by atoms with Gasteiger partial charge in [-0.3, -0.25) is 4.68 Å². The maximum absolute atomic E-state index is 8.90. The van der Waals surface area contributed by atoms with Gasteiger partial charge in [0.05, 0.1) is 25.4 Å². The molecule has 0 fully saturated rings. The van der Waals surface area contributed by atoms with E-state index >= 15 is 0 Å². The Morgan fingerprint density at radius 1 is 1.44 bits per heavy atom. The molecule has 0 saturated heterocycles. The summed E-state index contributed by atoms with van der Waals surface area (Å²) < 4.78 is 6.98. The summed E-state index contributed by atoms with van der Waals surface area (Å²) in [5.74, 6) is 0.584. The quantitative estimate of drug-likeness (QED) is 0.875. The molecule has 5 heteroatoms. The first-order chi connectivity index (χ1) is 8.76. The first-order valence-corrected chi connectivity index (χ1v) is 5.55. The molecule has 18 heavy (non-hydrogen) atoms. The first-order valence-electron chi connectivity index (χ1n) is 5.55. The molecular weight excluding hydrogens is 228 g/mol. The van der Waals surface area contributed by atoms with Gasteiger partial charge in [0.15, 0.2) is 0 Å². The van der Waals surface area contributed by atoms with E-state index in [0.29, 0.717) is 24.4 Å². The van der Waals surface area contributed by atoms with Crippen molar-refractivity contribution in [1.82, 2.24) is 9.78 Å². The number of hydrogen-bond donors (Lipinski definition) is 1. The molecule has 0 radical (unpaired) electrons. The SMILES string of the molecule is COc1cc(Cn2cc(CN)cn2)ccc1C#N. The van der Waals surface area contributed by atoms with Gasteiger partial charge in [0.25, 0.3) is 0 Å². The Morgan fingerprint density at radius 3 is 2.89 bits per heavy atom. The van der Waals surface area contributed by atoms with E-state index in [1.54, 1.807) is 19.4 Å². The molecule has 1 heterocycles. The van der Waals surface area contributed by atoms with Crippen LogP contribution in [0.15, 0.2) is 30.6 Å². The van der Waals surface area contributed by atoms with Gasteiger partial charge < -0.3 is 10.5 Å². The Kier molecular flexibility index (Phi) is 3.60. The third-order valence-electron chi connectivity index (χ3n) is 2.65. The maximum Gasteiger partial charge on any atom is 0.136 e. The molecule has 2 N–H and O–H groups in total. The summed E-state index contributed by atoms with van der Waals surface area (Å²) in [6.45, 7) is 1.11. The van der Waals surface area contributed by atoms with Crippen LogP contribution in [0.25, 0.3) is 0 Å². The highest BCUT2D eigenvalue weighted by Crippen LogP contribution is 2.19. The molecule has 0 amide bonds. The van der Waals surface area contributed by atoms with Crippen LogP contribution in [0, 0.1) is 11.3 Å². The first kappa shape index (κ1) is 12.1. The van der Waals surface area contributed by atoms with E-state index in [4.69, 9.17) is 15.7 Å². The number of nitrogens with two attached hydrogens (primary N) is 1. The standard InChI is InChI=1S/C13H14N4O/c1-18-13-4-10(2-3-12(13)6-15)8-17-9-11(5-14)7-16-17/h2-4,7,9H,5,8,14H2,1H3. The number of rotatable bonds is 4. The molecule has 5 nitrogen and oxygen atoms in total. The largest absolute Gasteiger partial charge is 0.495 e. The van der Waals surface area contributed by atoms with Gasteiger partial charge in [-0.05, 0) is 17.7 Å². The zero-order chi connectivity index (χ0) is 13.0. The minimum Gasteiger partial charge on any atom is -0.495 e. The zero-order valence-electron chi connectivity index (χ0n) is 10.1. The van der Waals surface area contributed by atoms with E-state index in [2.05, 4.69) is 11.2 Å². The highest BCUT2D eigenvalue weighted by atomic mass is 16.5. The number of nitrogens with zero attached hydrogens (tertiary/aromatic N) is 3. The van der Waals surface area contributed by atoms with Crippen LogP contribution in [0.3, 0.4) is 0 Å². The Balaban J connectivity index is 2.22. The van der Waals surface area contributed by atoms with Gasteiger partial charge in [0, 0.05) is 18.3 Å². The van der Waals surface area contributed by atoms with Gasteiger partial charge in [-0.15, -0.1) is 0 Å². The van der Waals surface area contributed by atoms with Crippen LogP contribution in [0.2, 0.25) is 0 Å². The lowest BCUT2D eigenvalue weighted by molar-refractivity contribution is 0.412. The molecule has 1 aromatic heterocycles. The third-order valence-corrected chi connectivity index (χ3v) is 2.65. The summed E-state index contributed by atoms with van der Waals surface area (Å²) >= 11 is 0. The minimum absolute atomic E-state index is 0.483. The van der Waals surface area contributed by atoms with Crippen LogP contribution in [-0.4, -0.2) is 16.9 Å². The lowest BCUT2D eigenvalue weighted by Gasteiger charge is -2.06. The van der Waals surface area contributed by atoms with Crippen LogP contribution in [0.1, 0.15) is 16.7 Å². The molecule has 2 aromatic rings. The molecule has 0 unspecified atom stereocenters. The fourth-order valence-electron chi connectivity index (χ4n) is 1.71. The smallest absolute Gasteiger partial charge is 0.136 e. The van der Waals surface area contributed by atoms with Crippen molar-refractivity contribution in [1.29, 1.82) is 5.26 Å². The normalized spacial score (nSPS) is 10.1. The third kappa shape index (κ3) is 2.50. The van der Waals surface area contributed by atoms with Gasteiger partial charge >= 0.3 is 0 Å².